The van der Waals surface area contributed by atoms with Crippen molar-refractivity contribution in [1.82, 2.24) is 10.9 Å². The second-order valence-electron chi connectivity index (χ2n) is 3.33. The average Bonchev–Trinajstić information content (AvgIpc) is 2.71. The molecule has 0 aromatic heterocycles. The molecule has 4 heteroatoms. The summed E-state index contributed by atoms with van der Waals surface area (Å²) in [5, 5.41) is 0. The number of halogens is 1. The molecule has 1 aromatic rings. The molecule has 0 saturated carbocycles. The van der Waals surface area contributed by atoms with E-state index in [1.54, 1.807) is 0 Å². The van der Waals surface area contributed by atoms with Crippen LogP contribution >= 0.6 is 0 Å². The Morgan fingerprint density at radius 1 is 1.21 bits per heavy atom. The second-order valence-corrected chi connectivity index (χ2v) is 3.33. The molecule has 0 aliphatic carbocycles. The Labute approximate surface area is 81.3 Å². The van der Waals surface area contributed by atoms with Crippen LogP contribution in [-0.4, -0.2) is 18.9 Å². The smallest absolute Gasteiger partial charge is 0.168 e. The van der Waals surface area contributed by atoms with Gasteiger partial charge in [-0.3, -0.25) is 15.6 Å². The van der Waals surface area contributed by atoms with E-state index in [9.17, 15) is 9.18 Å². The number of carbonyl (C=O) groups excluding carboxylic acids is 1. The van der Waals surface area contributed by atoms with E-state index in [2.05, 4.69) is 10.9 Å². The predicted molar refractivity (Wildman–Crippen MR) is 50.2 cm³/mol. The topological polar surface area (TPSA) is 41.1 Å². The molecule has 0 amide bonds. The molecule has 1 fully saturated rings. The summed E-state index contributed by atoms with van der Waals surface area (Å²) < 4.78 is 12.6. The first kappa shape index (κ1) is 9.30. The monoisotopic (exact) mass is 194 g/mol. The third-order valence-corrected chi connectivity index (χ3v) is 2.32. The molecular weight excluding hydrogens is 183 g/mol. The van der Waals surface area contributed by atoms with Crippen LogP contribution in [0.25, 0.3) is 0 Å². The minimum Gasteiger partial charge on any atom is -0.294 e. The first-order valence-electron chi connectivity index (χ1n) is 4.53. The molecule has 3 nitrogen and oxygen atoms in total. The number of hydrogen-bond acceptors (Lipinski definition) is 3. The number of rotatable bonds is 2. The van der Waals surface area contributed by atoms with Crippen LogP contribution in [0.4, 0.5) is 4.39 Å². The fourth-order valence-corrected chi connectivity index (χ4v) is 1.50. The van der Waals surface area contributed by atoms with E-state index in [0.717, 1.165) is 0 Å². The molecular formula is C10H11FN2O. The normalized spacial score (nSPS) is 17.2. The summed E-state index contributed by atoms with van der Waals surface area (Å²) >= 11 is 0. The number of Topliss-reactive ketones (excluding diaryl/α,β-unsaturated/α-hetero) is 1. The zero-order chi connectivity index (χ0) is 9.97. The minimum atomic E-state index is -0.316. The zero-order valence-corrected chi connectivity index (χ0v) is 7.59. The van der Waals surface area contributed by atoms with E-state index in [0.29, 0.717) is 18.7 Å². The van der Waals surface area contributed by atoms with Crippen molar-refractivity contribution in [3.05, 3.63) is 35.6 Å². The van der Waals surface area contributed by atoms with Crippen LogP contribution in [0.15, 0.2) is 24.3 Å². The van der Waals surface area contributed by atoms with Gasteiger partial charge >= 0.3 is 0 Å². The van der Waals surface area contributed by atoms with E-state index < -0.39 is 0 Å². The Kier molecular flexibility index (Phi) is 2.56. The molecule has 14 heavy (non-hydrogen) atoms. The molecule has 1 aliphatic rings. The molecule has 0 spiro atoms. The Morgan fingerprint density at radius 2 is 1.79 bits per heavy atom. The molecule has 2 rings (SSSR count). The van der Waals surface area contributed by atoms with Crippen LogP contribution in [0.3, 0.4) is 0 Å². The van der Waals surface area contributed by atoms with E-state index in [-0.39, 0.29) is 17.5 Å². The van der Waals surface area contributed by atoms with Gasteiger partial charge in [-0.2, -0.15) is 0 Å². The highest BCUT2D eigenvalue weighted by Gasteiger charge is 2.23. The predicted octanol–water partition coefficient (Wildman–Crippen LogP) is 0.732. The quantitative estimate of drug-likeness (QED) is 0.682. The Hall–Kier alpha value is -1.26. The maximum Gasteiger partial charge on any atom is 0.168 e. The maximum atomic E-state index is 12.6. The van der Waals surface area contributed by atoms with Gasteiger partial charge in [-0.05, 0) is 24.3 Å². The summed E-state index contributed by atoms with van der Waals surface area (Å²) in [6, 6.07) is 5.66. The highest BCUT2D eigenvalue weighted by Crippen LogP contribution is 2.10. The van der Waals surface area contributed by atoms with Crippen molar-refractivity contribution in [2.24, 2.45) is 5.92 Å². The van der Waals surface area contributed by atoms with Crippen molar-refractivity contribution in [3.63, 3.8) is 0 Å². The molecule has 74 valence electrons. The summed E-state index contributed by atoms with van der Waals surface area (Å²) in [7, 11) is 0. The van der Waals surface area contributed by atoms with Crippen LogP contribution in [0.2, 0.25) is 0 Å². The van der Waals surface area contributed by atoms with Crippen molar-refractivity contribution < 1.29 is 9.18 Å². The first-order chi connectivity index (χ1) is 6.77. The molecule has 1 aromatic carbocycles. The second kappa shape index (κ2) is 3.86. The SMILES string of the molecule is O=C(c1ccc(F)cc1)C1CNNC1. The molecule has 0 radical (unpaired) electrons. The number of benzene rings is 1. The van der Waals surface area contributed by atoms with Gasteiger partial charge in [0.1, 0.15) is 5.82 Å². The lowest BCUT2D eigenvalue weighted by Crippen LogP contribution is -2.21. The third kappa shape index (κ3) is 1.81. The van der Waals surface area contributed by atoms with Crippen LogP contribution in [0.5, 0.6) is 0 Å². The average molecular weight is 194 g/mol. The number of nitrogens with one attached hydrogen (secondary N) is 2. The lowest BCUT2D eigenvalue weighted by molar-refractivity contribution is 0.0936. The van der Waals surface area contributed by atoms with E-state index in [4.69, 9.17) is 0 Å². The van der Waals surface area contributed by atoms with Gasteiger partial charge < -0.3 is 0 Å². The van der Waals surface area contributed by atoms with Gasteiger partial charge in [0.25, 0.3) is 0 Å². The maximum absolute atomic E-state index is 12.6. The first-order valence-corrected chi connectivity index (χ1v) is 4.53. The lowest BCUT2D eigenvalue weighted by atomic mass is 9.99. The fraction of sp³-hybridized carbons (Fsp3) is 0.300. The lowest BCUT2D eigenvalue weighted by Gasteiger charge is -2.05. The summed E-state index contributed by atoms with van der Waals surface area (Å²) in [6.07, 6.45) is 0. The van der Waals surface area contributed by atoms with Crippen LogP contribution in [0.1, 0.15) is 10.4 Å². The number of ketones is 1. The fourth-order valence-electron chi connectivity index (χ4n) is 1.50. The summed E-state index contributed by atoms with van der Waals surface area (Å²) in [4.78, 5) is 11.8. The molecule has 1 aliphatic heterocycles. The molecule has 0 atom stereocenters. The van der Waals surface area contributed by atoms with Gasteiger partial charge in [0.05, 0.1) is 5.92 Å². The van der Waals surface area contributed by atoms with Gasteiger partial charge in [0.15, 0.2) is 5.78 Å². The van der Waals surface area contributed by atoms with E-state index in [1.165, 1.54) is 24.3 Å². The van der Waals surface area contributed by atoms with E-state index >= 15 is 0 Å². The van der Waals surface area contributed by atoms with Crippen LogP contribution in [-0.2, 0) is 0 Å². The molecule has 1 heterocycles. The van der Waals surface area contributed by atoms with Crippen LogP contribution < -0.4 is 10.9 Å². The van der Waals surface area contributed by atoms with Crippen LogP contribution in [0, 0.1) is 11.7 Å². The minimum absolute atomic E-state index is 0.0412. The van der Waals surface area contributed by atoms with Gasteiger partial charge in [0.2, 0.25) is 0 Å². The van der Waals surface area contributed by atoms with Crippen molar-refractivity contribution in [3.8, 4) is 0 Å². The molecule has 0 bridgehead atoms. The molecule has 2 N–H and O–H groups in total. The largest absolute Gasteiger partial charge is 0.294 e. The Bertz CT molecular complexity index is 330. The number of hydrazine groups is 1. The summed E-state index contributed by atoms with van der Waals surface area (Å²) in [5.41, 5.74) is 6.35. The summed E-state index contributed by atoms with van der Waals surface area (Å²) in [6.45, 7) is 1.27. The van der Waals surface area contributed by atoms with E-state index in [1.807, 2.05) is 0 Å². The van der Waals surface area contributed by atoms with Crippen molar-refractivity contribution >= 4 is 5.78 Å². The van der Waals surface area contributed by atoms with Gasteiger partial charge in [-0.25, -0.2) is 4.39 Å². The van der Waals surface area contributed by atoms with Crippen molar-refractivity contribution in [2.75, 3.05) is 13.1 Å². The van der Waals surface area contributed by atoms with Gasteiger partial charge in [0, 0.05) is 18.7 Å². The standard InChI is InChI=1S/C10H11FN2O/c11-9-3-1-7(2-4-9)10(14)8-5-12-13-6-8/h1-4,8,12-13H,5-6H2. The van der Waals surface area contributed by atoms with Crippen molar-refractivity contribution in [1.29, 1.82) is 0 Å². The Balaban J connectivity index is 2.14. The number of carbonyl (C=O) groups is 1. The van der Waals surface area contributed by atoms with Crippen molar-refractivity contribution in [2.45, 2.75) is 0 Å². The summed E-state index contributed by atoms with van der Waals surface area (Å²) in [5.74, 6) is -0.299. The highest BCUT2D eigenvalue weighted by atomic mass is 19.1. The zero-order valence-electron chi connectivity index (χ0n) is 7.59. The van der Waals surface area contributed by atoms with Gasteiger partial charge in [-0.1, -0.05) is 0 Å². The number of hydrogen-bond donors (Lipinski definition) is 2. The van der Waals surface area contributed by atoms with Gasteiger partial charge in [-0.15, -0.1) is 0 Å². The third-order valence-electron chi connectivity index (χ3n) is 2.32. The highest BCUT2D eigenvalue weighted by molar-refractivity contribution is 5.98. The molecule has 0 unspecified atom stereocenters. The Morgan fingerprint density at radius 3 is 2.36 bits per heavy atom. The molecule has 1 saturated heterocycles.